The van der Waals surface area contributed by atoms with Crippen LogP contribution in [-0.4, -0.2) is 40.1 Å². The third kappa shape index (κ3) is 6.58. The summed E-state index contributed by atoms with van der Waals surface area (Å²) in [5.74, 6) is -0.337. The molecule has 2 amide bonds. The molecule has 0 aliphatic rings. The van der Waals surface area contributed by atoms with Crippen molar-refractivity contribution in [1.82, 2.24) is 5.32 Å². The number of nitrogens with zero attached hydrogens (tertiary/aromatic N) is 1. The highest BCUT2D eigenvalue weighted by molar-refractivity contribution is 7.92. The highest BCUT2D eigenvalue weighted by Gasteiger charge is 2.16. The van der Waals surface area contributed by atoms with Gasteiger partial charge in [0.05, 0.1) is 29.2 Å². The molecule has 0 unspecified atom stereocenters. The van der Waals surface area contributed by atoms with Gasteiger partial charge in [-0.15, -0.1) is 0 Å². The molecule has 3 rings (SSSR count). The largest absolute Gasteiger partial charge is 0.484 e. The Balaban J connectivity index is 1.60. The predicted molar refractivity (Wildman–Crippen MR) is 133 cm³/mol. The first kappa shape index (κ1) is 24.8. The van der Waals surface area contributed by atoms with E-state index in [-0.39, 0.29) is 18.6 Å². The molecular formula is C25H27N3O5S. The Labute approximate surface area is 199 Å². The number of ether oxygens (including phenoxy) is 1. The number of anilines is 2. The van der Waals surface area contributed by atoms with Crippen molar-refractivity contribution < 1.29 is 22.7 Å². The lowest BCUT2D eigenvalue weighted by molar-refractivity contribution is -0.118. The standard InChI is InChI=1S/C25H27N3O5S/c1-18(19-9-5-4-6-10-19)26-25(30)22-11-7-8-12-23(22)27-24(29)17-33-21-15-13-20(14-16-21)28(2)34(3,31)32/h4-16,18H,17H2,1-3H3,(H,26,30)(H,27,29)/t18-/m1/s1. The maximum absolute atomic E-state index is 12.8. The monoisotopic (exact) mass is 481 g/mol. The minimum absolute atomic E-state index is 0.203. The molecule has 178 valence electrons. The van der Waals surface area contributed by atoms with E-state index >= 15 is 0 Å². The molecule has 0 fully saturated rings. The van der Waals surface area contributed by atoms with Crippen molar-refractivity contribution in [2.45, 2.75) is 13.0 Å². The first-order valence-corrected chi connectivity index (χ1v) is 12.4. The topological polar surface area (TPSA) is 105 Å². The summed E-state index contributed by atoms with van der Waals surface area (Å²) in [6.45, 7) is 1.61. The Morgan fingerprint density at radius 1 is 0.941 bits per heavy atom. The molecule has 0 aliphatic heterocycles. The van der Waals surface area contributed by atoms with Gasteiger partial charge in [-0.05, 0) is 48.9 Å². The molecule has 0 heterocycles. The first-order valence-electron chi connectivity index (χ1n) is 10.6. The number of rotatable bonds is 9. The smallest absolute Gasteiger partial charge is 0.262 e. The average molecular weight is 482 g/mol. The van der Waals surface area contributed by atoms with Gasteiger partial charge in [0.1, 0.15) is 5.75 Å². The predicted octanol–water partition coefficient (Wildman–Crippen LogP) is 3.59. The number of benzene rings is 3. The molecule has 34 heavy (non-hydrogen) atoms. The lowest BCUT2D eigenvalue weighted by Crippen LogP contribution is -2.28. The average Bonchev–Trinajstić information content (AvgIpc) is 2.83. The molecule has 0 radical (unpaired) electrons. The molecule has 1 atom stereocenters. The Kier molecular flexibility index (Phi) is 7.91. The number of nitrogens with one attached hydrogen (secondary N) is 2. The van der Waals surface area contributed by atoms with E-state index in [9.17, 15) is 18.0 Å². The fraction of sp³-hybridized carbons (Fsp3) is 0.200. The Hall–Kier alpha value is -3.85. The second-order valence-corrected chi connectivity index (χ2v) is 9.73. The van der Waals surface area contributed by atoms with Crippen LogP contribution in [0.1, 0.15) is 28.9 Å². The van der Waals surface area contributed by atoms with Gasteiger partial charge in [0.25, 0.3) is 11.8 Å². The minimum atomic E-state index is -3.37. The highest BCUT2D eigenvalue weighted by atomic mass is 32.2. The molecule has 0 saturated heterocycles. The summed E-state index contributed by atoms with van der Waals surface area (Å²) in [7, 11) is -1.92. The van der Waals surface area contributed by atoms with Crippen LogP contribution in [0.15, 0.2) is 78.9 Å². The molecule has 9 heteroatoms. The summed E-state index contributed by atoms with van der Waals surface area (Å²) in [6, 6.07) is 22.5. The summed E-state index contributed by atoms with van der Waals surface area (Å²) in [6.07, 6.45) is 1.11. The zero-order valence-corrected chi connectivity index (χ0v) is 20.0. The zero-order valence-electron chi connectivity index (χ0n) is 19.2. The van der Waals surface area contributed by atoms with E-state index in [4.69, 9.17) is 4.74 Å². The third-order valence-corrected chi connectivity index (χ3v) is 6.37. The number of hydrogen-bond acceptors (Lipinski definition) is 5. The van der Waals surface area contributed by atoms with Crippen LogP contribution in [-0.2, 0) is 14.8 Å². The van der Waals surface area contributed by atoms with Crippen LogP contribution in [0.4, 0.5) is 11.4 Å². The van der Waals surface area contributed by atoms with Crippen LogP contribution >= 0.6 is 0 Å². The van der Waals surface area contributed by atoms with E-state index < -0.39 is 15.9 Å². The fourth-order valence-electron chi connectivity index (χ4n) is 3.17. The number of sulfonamides is 1. The molecule has 0 aliphatic carbocycles. The molecule has 3 aromatic carbocycles. The normalized spacial score (nSPS) is 11.9. The van der Waals surface area contributed by atoms with Gasteiger partial charge in [0, 0.05) is 7.05 Å². The molecule has 0 bridgehead atoms. The summed E-state index contributed by atoms with van der Waals surface area (Å²) >= 11 is 0. The van der Waals surface area contributed by atoms with Crippen LogP contribution in [0.3, 0.4) is 0 Å². The molecule has 0 saturated carbocycles. The number of carbonyl (C=O) groups excluding carboxylic acids is 2. The van der Waals surface area contributed by atoms with Gasteiger partial charge in [-0.1, -0.05) is 42.5 Å². The van der Waals surface area contributed by atoms with Gasteiger partial charge in [-0.25, -0.2) is 8.42 Å². The van der Waals surface area contributed by atoms with Crippen molar-refractivity contribution in [3.05, 3.63) is 90.0 Å². The van der Waals surface area contributed by atoms with Crippen LogP contribution in [0.25, 0.3) is 0 Å². The van der Waals surface area contributed by atoms with Crippen LogP contribution < -0.4 is 19.7 Å². The van der Waals surface area contributed by atoms with E-state index in [0.29, 0.717) is 22.7 Å². The minimum Gasteiger partial charge on any atom is -0.484 e. The van der Waals surface area contributed by atoms with Gasteiger partial charge in [0.15, 0.2) is 6.61 Å². The number of para-hydroxylation sites is 1. The van der Waals surface area contributed by atoms with E-state index in [1.807, 2.05) is 37.3 Å². The molecule has 0 aromatic heterocycles. The van der Waals surface area contributed by atoms with E-state index in [2.05, 4.69) is 10.6 Å². The highest BCUT2D eigenvalue weighted by Crippen LogP contribution is 2.21. The van der Waals surface area contributed by atoms with E-state index in [0.717, 1.165) is 16.1 Å². The molecular weight excluding hydrogens is 454 g/mol. The van der Waals surface area contributed by atoms with Gasteiger partial charge in [-0.2, -0.15) is 0 Å². The Bertz CT molecular complexity index is 1250. The lowest BCUT2D eigenvalue weighted by Gasteiger charge is -2.17. The van der Waals surface area contributed by atoms with Crippen molar-refractivity contribution in [3.8, 4) is 5.75 Å². The van der Waals surface area contributed by atoms with Crippen molar-refractivity contribution in [3.63, 3.8) is 0 Å². The van der Waals surface area contributed by atoms with Crippen molar-refractivity contribution in [1.29, 1.82) is 0 Å². The lowest BCUT2D eigenvalue weighted by atomic mass is 10.1. The molecule has 2 N–H and O–H groups in total. The summed E-state index contributed by atoms with van der Waals surface area (Å²) in [5, 5.41) is 5.65. The van der Waals surface area contributed by atoms with Gasteiger partial charge in [-0.3, -0.25) is 13.9 Å². The van der Waals surface area contributed by atoms with Crippen molar-refractivity contribution in [2.24, 2.45) is 0 Å². The van der Waals surface area contributed by atoms with Gasteiger partial charge in [0.2, 0.25) is 10.0 Å². The van der Waals surface area contributed by atoms with Crippen LogP contribution in [0, 0.1) is 0 Å². The number of carbonyl (C=O) groups is 2. The Morgan fingerprint density at radius 2 is 1.56 bits per heavy atom. The van der Waals surface area contributed by atoms with E-state index in [1.54, 1.807) is 48.5 Å². The fourth-order valence-corrected chi connectivity index (χ4v) is 3.67. The maximum atomic E-state index is 12.8. The second kappa shape index (κ2) is 10.8. The van der Waals surface area contributed by atoms with Crippen molar-refractivity contribution in [2.75, 3.05) is 29.5 Å². The summed E-state index contributed by atoms with van der Waals surface area (Å²) < 4.78 is 29.9. The third-order valence-electron chi connectivity index (χ3n) is 5.16. The summed E-state index contributed by atoms with van der Waals surface area (Å²) in [4.78, 5) is 25.3. The number of hydrogen-bond donors (Lipinski definition) is 2. The Morgan fingerprint density at radius 3 is 2.21 bits per heavy atom. The molecule has 0 spiro atoms. The van der Waals surface area contributed by atoms with E-state index in [1.165, 1.54) is 7.05 Å². The first-order chi connectivity index (χ1) is 16.1. The maximum Gasteiger partial charge on any atom is 0.262 e. The summed E-state index contributed by atoms with van der Waals surface area (Å²) in [5.41, 5.74) is 2.16. The van der Waals surface area contributed by atoms with Gasteiger partial charge >= 0.3 is 0 Å². The second-order valence-electron chi connectivity index (χ2n) is 7.71. The van der Waals surface area contributed by atoms with Gasteiger partial charge < -0.3 is 15.4 Å². The number of amides is 2. The quantitative estimate of drug-likeness (QED) is 0.486. The molecule has 3 aromatic rings. The van der Waals surface area contributed by atoms with Crippen LogP contribution in [0.5, 0.6) is 5.75 Å². The zero-order chi connectivity index (χ0) is 24.7. The van der Waals surface area contributed by atoms with Crippen LogP contribution in [0.2, 0.25) is 0 Å². The SMILES string of the molecule is C[C@@H](NC(=O)c1ccccc1NC(=O)COc1ccc(N(C)S(C)(=O)=O)cc1)c1ccccc1. The molecule has 8 nitrogen and oxygen atoms in total. The van der Waals surface area contributed by atoms with Crippen molar-refractivity contribution >= 4 is 33.2 Å².